The van der Waals surface area contributed by atoms with Crippen LogP contribution >= 0.6 is 0 Å². The molecule has 0 saturated carbocycles. The zero-order valence-corrected chi connectivity index (χ0v) is 16.5. The number of ketones is 1. The Morgan fingerprint density at radius 1 is 1.31 bits per heavy atom. The molecule has 0 fully saturated rings. The SMILES string of the molecule is C=CCOc1ccc([C@@H]2C(C(=O)c3ccco3)=C(O)C(=O)N2CCN(C)C)cc1. The highest BCUT2D eigenvalue weighted by Gasteiger charge is 2.44. The van der Waals surface area contributed by atoms with E-state index in [1.165, 1.54) is 17.2 Å². The van der Waals surface area contributed by atoms with Gasteiger partial charge in [0.05, 0.1) is 17.9 Å². The van der Waals surface area contributed by atoms with Gasteiger partial charge in [-0.25, -0.2) is 0 Å². The topological polar surface area (TPSA) is 83.2 Å². The fraction of sp³-hybridized carbons (Fsp3) is 0.273. The lowest BCUT2D eigenvalue weighted by Gasteiger charge is -2.28. The summed E-state index contributed by atoms with van der Waals surface area (Å²) < 4.78 is 10.7. The first-order chi connectivity index (χ1) is 13.9. The van der Waals surface area contributed by atoms with Crippen LogP contribution in [0.25, 0.3) is 0 Å². The van der Waals surface area contributed by atoms with Gasteiger partial charge in [0.15, 0.2) is 11.5 Å². The number of hydrogen-bond donors (Lipinski definition) is 1. The van der Waals surface area contributed by atoms with Gasteiger partial charge in [-0.3, -0.25) is 9.59 Å². The number of nitrogens with zero attached hydrogens (tertiary/aromatic N) is 2. The molecule has 1 aliphatic heterocycles. The first-order valence-electron chi connectivity index (χ1n) is 9.24. The number of carbonyl (C=O) groups excluding carboxylic acids is 2. The molecule has 2 heterocycles. The molecule has 0 radical (unpaired) electrons. The number of furan rings is 1. The van der Waals surface area contributed by atoms with E-state index in [-0.39, 0.29) is 11.3 Å². The summed E-state index contributed by atoms with van der Waals surface area (Å²) in [5, 5.41) is 10.5. The Labute approximate surface area is 169 Å². The number of benzene rings is 1. The first kappa shape index (κ1) is 20.4. The van der Waals surface area contributed by atoms with Gasteiger partial charge in [-0.05, 0) is 43.9 Å². The lowest BCUT2D eigenvalue weighted by Crippen LogP contribution is -2.36. The summed E-state index contributed by atoms with van der Waals surface area (Å²) in [5.41, 5.74) is 0.713. The number of aliphatic hydroxyl groups excluding tert-OH is 1. The number of hydrogen-bond acceptors (Lipinski definition) is 6. The average molecular weight is 396 g/mol. The predicted molar refractivity (Wildman–Crippen MR) is 108 cm³/mol. The molecular formula is C22H24N2O5. The maximum absolute atomic E-state index is 13.0. The number of likely N-dealkylation sites (N-methyl/N-ethyl adjacent to an activating group) is 1. The molecule has 2 aromatic rings. The predicted octanol–water partition coefficient (Wildman–Crippen LogP) is 2.98. The maximum atomic E-state index is 13.0. The molecule has 0 unspecified atom stereocenters. The second-order valence-corrected chi connectivity index (χ2v) is 6.94. The van der Waals surface area contributed by atoms with Crippen molar-refractivity contribution in [3.05, 3.63) is 78.0 Å². The summed E-state index contributed by atoms with van der Waals surface area (Å²) in [6.07, 6.45) is 3.03. The highest BCUT2D eigenvalue weighted by Crippen LogP contribution is 2.39. The Morgan fingerprint density at radius 3 is 2.62 bits per heavy atom. The van der Waals surface area contributed by atoms with Gasteiger partial charge in [0, 0.05) is 13.1 Å². The van der Waals surface area contributed by atoms with E-state index >= 15 is 0 Å². The number of ether oxygens (including phenoxy) is 1. The van der Waals surface area contributed by atoms with Crippen molar-refractivity contribution in [2.75, 3.05) is 33.8 Å². The van der Waals surface area contributed by atoms with E-state index in [4.69, 9.17) is 9.15 Å². The fourth-order valence-electron chi connectivity index (χ4n) is 3.21. The van der Waals surface area contributed by atoms with E-state index in [9.17, 15) is 14.7 Å². The largest absolute Gasteiger partial charge is 0.503 e. The van der Waals surface area contributed by atoms with Crippen molar-refractivity contribution in [1.29, 1.82) is 0 Å². The average Bonchev–Trinajstić information content (AvgIpc) is 3.33. The zero-order valence-electron chi connectivity index (χ0n) is 16.5. The van der Waals surface area contributed by atoms with Crippen LogP contribution in [0.5, 0.6) is 5.75 Å². The molecule has 0 bridgehead atoms. The normalized spacial score (nSPS) is 16.6. The van der Waals surface area contributed by atoms with Gasteiger partial charge < -0.3 is 24.1 Å². The van der Waals surface area contributed by atoms with Crippen molar-refractivity contribution in [2.24, 2.45) is 0 Å². The summed E-state index contributed by atoms with van der Waals surface area (Å²) in [7, 11) is 3.78. The fourth-order valence-corrected chi connectivity index (χ4v) is 3.21. The lowest BCUT2D eigenvalue weighted by molar-refractivity contribution is -0.129. The van der Waals surface area contributed by atoms with E-state index in [2.05, 4.69) is 6.58 Å². The number of Topliss-reactive ketones (excluding diaryl/α,β-unsaturated/α-hetero) is 1. The summed E-state index contributed by atoms with van der Waals surface area (Å²) in [5.74, 6) is -0.902. The van der Waals surface area contributed by atoms with Gasteiger partial charge in [0.25, 0.3) is 5.91 Å². The second-order valence-electron chi connectivity index (χ2n) is 6.94. The summed E-state index contributed by atoms with van der Waals surface area (Å²) >= 11 is 0. The Bertz CT molecular complexity index is 913. The molecule has 1 aliphatic rings. The monoisotopic (exact) mass is 396 g/mol. The summed E-state index contributed by atoms with van der Waals surface area (Å²) in [4.78, 5) is 29.2. The minimum absolute atomic E-state index is 0.0171. The van der Waals surface area contributed by atoms with Crippen molar-refractivity contribution in [2.45, 2.75) is 6.04 Å². The quantitative estimate of drug-likeness (QED) is 0.518. The molecule has 1 N–H and O–H groups in total. The van der Waals surface area contributed by atoms with Crippen molar-refractivity contribution < 1.29 is 23.8 Å². The third-order valence-corrected chi connectivity index (χ3v) is 4.65. The van der Waals surface area contributed by atoms with Crippen LogP contribution in [0.1, 0.15) is 22.2 Å². The molecule has 1 amide bonds. The third kappa shape index (κ3) is 4.25. The van der Waals surface area contributed by atoms with E-state index in [1.807, 2.05) is 19.0 Å². The maximum Gasteiger partial charge on any atom is 0.290 e. The minimum Gasteiger partial charge on any atom is -0.503 e. The van der Waals surface area contributed by atoms with Gasteiger partial charge in [0.1, 0.15) is 12.4 Å². The summed E-state index contributed by atoms with van der Waals surface area (Å²) in [6, 6.07) is 9.48. The van der Waals surface area contributed by atoms with Gasteiger partial charge in [-0.15, -0.1) is 0 Å². The minimum atomic E-state index is -0.714. The number of aliphatic hydroxyl groups is 1. The Morgan fingerprint density at radius 2 is 2.03 bits per heavy atom. The lowest BCUT2D eigenvalue weighted by atomic mass is 9.95. The molecule has 0 aliphatic carbocycles. The van der Waals surface area contributed by atoms with Crippen LogP contribution in [-0.4, -0.2) is 60.4 Å². The molecule has 1 atom stereocenters. The number of rotatable bonds is 9. The molecule has 3 rings (SSSR count). The third-order valence-electron chi connectivity index (χ3n) is 4.65. The smallest absolute Gasteiger partial charge is 0.290 e. The van der Waals surface area contributed by atoms with Crippen LogP contribution in [0.2, 0.25) is 0 Å². The van der Waals surface area contributed by atoms with Crippen LogP contribution in [0.3, 0.4) is 0 Å². The Kier molecular flexibility index (Phi) is 6.19. The molecule has 1 aromatic carbocycles. The van der Waals surface area contributed by atoms with Crippen molar-refractivity contribution in [1.82, 2.24) is 9.80 Å². The second kappa shape index (κ2) is 8.79. The standard InChI is InChI=1S/C22H24N2O5/c1-4-13-28-16-9-7-15(8-10-16)19-18(20(25)17-6-5-14-29-17)21(26)22(27)24(19)12-11-23(2)3/h4-10,14,19,26H,1,11-13H2,2-3H3/t19-/m1/s1. The molecule has 29 heavy (non-hydrogen) atoms. The van der Waals surface area contributed by atoms with E-state index < -0.39 is 23.5 Å². The van der Waals surface area contributed by atoms with Crippen LogP contribution < -0.4 is 4.74 Å². The van der Waals surface area contributed by atoms with E-state index in [0.29, 0.717) is 31.0 Å². The number of carbonyl (C=O) groups is 2. The molecule has 7 heteroatoms. The van der Waals surface area contributed by atoms with Crippen molar-refractivity contribution in [3.63, 3.8) is 0 Å². The van der Waals surface area contributed by atoms with E-state index in [1.54, 1.807) is 36.4 Å². The van der Waals surface area contributed by atoms with Crippen LogP contribution in [0.15, 0.2) is 71.1 Å². The Balaban J connectivity index is 1.99. The van der Waals surface area contributed by atoms with Crippen LogP contribution in [0, 0.1) is 0 Å². The summed E-state index contributed by atoms with van der Waals surface area (Å²) in [6.45, 7) is 4.93. The molecule has 152 valence electrons. The van der Waals surface area contributed by atoms with E-state index in [0.717, 1.165) is 0 Å². The van der Waals surface area contributed by atoms with Crippen molar-refractivity contribution >= 4 is 11.7 Å². The van der Waals surface area contributed by atoms with Crippen LogP contribution in [-0.2, 0) is 4.79 Å². The van der Waals surface area contributed by atoms with Gasteiger partial charge in [0.2, 0.25) is 5.78 Å². The molecule has 0 spiro atoms. The van der Waals surface area contributed by atoms with Gasteiger partial charge >= 0.3 is 0 Å². The molecule has 7 nitrogen and oxygen atoms in total. The number of amides is 1. The van der Waals surface area contributed by atoms with Crippen LogP contribution in [0.4, 0.5) is 0 Å². The van der Waals surface area contributed by atoms with Gasteiger partial charge in [-0.1, -0.05) is 24.8 Å². The van der Waals surface area contributed by atoms with Gasteiger partial charge in [-0.2, -0.15) is 0 Å². The Hall–Kier alpha value is -3.32. The highest BCUT2D eigenvalue weighted by molar-refractivity contribution is 6.15. The highest BCUT2D eigenvalue weighted by atomic mass is 16.5. The molecule has 0 saturated heterocycles. The molecule has 1 aromatic heterocycles. The first-order valence-corrected chi connectivity index (χ1v) is 9.24. The zero-order chi connectivity index (χ0) is 21.0. The molecular weight excluding hydrogens is 372 g/mol. The van der Waals surface area contributed by atoms with Crippen molar-refractivity contribution in [3.8, 4) is 5.75 Å².